The predicted molar refractivity (Wildman–Crippen MR) is 71.8 cm³/mol. The molecule has 1 aromatic heterocycles. The van der Waals surface area contributed by atoms with Crippen molar-refractivity contribution in [1.29, 1.82) is 5.26 Å². The van der Waals surface area contributed by atoms with E-state index in [1.54, 1.807) is 19.1 Å². The van der Waals surface area contributed by atoms with Crippen LogP contribution >= 0.6 is 0 Å². The van der Waals surface area contributed by atoms with Crippen LogP contribution in [0.4, 0.5) is 0 Å². The SMILES string of the molecule is Cc1cc(-c2ccccc2S(=O)(=O)O)c(C#N)c(=O)[nH]1. The normalized spacial score (nSPS) is 11.1. The van der Waals surface area contributed by atoms with Crippen molar-refractivity contribution in [3.63, 3.8) is 0 Å². The highest BCUT2D eigenvalue weighted by atomic mass is 32.2. The number of aryl methyl sites for hydroxylation is 1. The maximum Gasteiger partial charge on any atom is 0.295 e. The van der Waals surface area contributed by atoms with E-state index in [1.807, 2.05) is 0 Å². The van der Waals surface area contributed by atoms with Crippen molar-refractivity contribution in [1.82, 2.24) is 4.98 Å². The van der Waals surface area contributed by atoms with Gasteiger partial charge in [0.25, 0.3) is 15.7 Å². The number of rotatable bonds is 2. The van der Waals surface area contributed by atoms with E-state index >= 15 is 0 Å². The van der Waals surface area contributed by atoms with Crippen LogP contribution in [0.2, 0.25) is 0 Å². The van der Waals surface area contributed by atoms with Crippen LogP contribution in [0.5, 0.6) is 0 Å². The lowest BCUT2D eigenvalue weighted by atomic mass is 10.0. The highest BCUT2D eigenvalue weighted by Crippen LogP contribution is 2.28. The van der Waals surface area contributed by atoms with Crippen LogP contribution in [0, 0.1) is 18.3 Å². The van der Waals surface area contributed by atoms with E-state index < -0.39 is 15.7 Å². The van der Waals surface area contributed by atoms with Crippen LogP contribution in [0.1, 0.15) is 11.3 Å². The summed E-state index contributed by atoms with van der Waals surface area (Å²) in [6.45, 7) is 1.61. The van der Waals surface area contributed by atoms with Gasteiger partial charge in [-0.1, -0.05) is 18.2 Å². The molecule has 7 heteroatoms. The van der Waals surface area contributed by atoms with Gasteiger partial charge in [-0.3, -0.25) is 9.35 Å². The minimum atomic E-state index is -4.45. The second-order valence-electron chi connectivity index (χ2n) is 4.15. The molecule has 0 spiro atoms. The second-order valence-corrected chi connectivity index (χ2v) is 5.54. The first kappa shape index (κ1) is 14.0. The van der Waals surface area contributed by atoms with Gasteiger partial charge in [-0.2, -0.15) is 13.7 Å². The lowest BCUT2D eigenvalue weighted by molar-refractivity contribution is 0.483. The lowest BCUT2D eigenvalue weighted by Crippen LogP contribution is -2.13. The van der Waals surface area contributed by atoms with E-state index in [1.165, 1.54) is 24.3 Å². The highest BCUT2D eigenvalue weighted by molar-refractivity contribution is 7.86. The predicted octanol–water partition coefficient (Wildman–Crippen LogP) is 1.47. The molecule has 0 amide bonds. The first-order valence-electron chi connectivity index (χ1n) is 5.55. The molecule has 0 aliphatic rings. The zero-order valence-corrected chi connectivity index (χ0v) is 11.2. The lowest BCUT2D eigenvalue weighted by Gasteiger charge is -2.09. The molecule has 0 saturated carbocycles. The number of H-pyrrole nitrogens is 1. The van der Waals surface area contributed by atoms with Gasteiger partial charge in [-0.15, -0.1) is 0 Å². The minimum Gasteiger partial charge on any atom is -0.325 e. The number of nitriles is 1. The Labute approximate surface area is 115 Å². The molecule has 0 saturated heterocycles. The first-order valence-corrected chi connectivity index (χ1v) is 6.99. The fraction of sp³-hybridized carbons (Fsp3) is 0.0769. The number of aromatic nitrogens is 1. The Bertz CT molecular complexity index is 876. The third-order valence-corrected chi connectivity index (χ3v) is 3.65. The van der Waals surface area contributed by atoms with E-state index in [2.05, 4.69) is 4.98 Å². The van der Waals surface area contributed by atoms with Gasteiger partial charge in [0.05, 0.1) is 0 Å². The van der Waals surface area contributed by atoms with Gasteiger partial charge in [-0.25, -0.2) is 0 Å². The Morgan fingerprint density at radius 1 is 1.25 bits per heavy atom. The van der Waals surface area contributed by atoms with E-state index in [0.717, 1.165) is 0 Å². The summed E-state index contributed by atoms with van der Waals surface area (Å²) in [6, 6.07) is 8.88. The molecule has 0 aliphatic carbocycles. The number of hydrogen-bond donors (Lipinski definition) is 2. The van der Waals surface area contributed by atoms with Crippen molar-refractivity contribution in [2.75, 3.05) is 0 Å². The minimum absolute atomic E-state index is 0.112. The van der Waals surface area contributed by atoms with Crippen molar-refractivity contribution in [3.05, 3.63) is 51.9 Å². The van der Waals surface area contributed by atoms with Crippen molar-refractivity contribution < 1.29 is 13.0 Å². The van der Waals surface area contributed by atoms with Crippen molar-refractivity contribution in [3.8, 4) is 17.2 Å². The van der Waals surface area contributed by atoms with Crippen molar-refractivity contribution in [2.45, 2.75) is 11.8 Å². The molecule has 0 fully saturated rings. The molecule has 0 bridgehead atoms. The van der Waals surface area contributed by atoms with Crippen LogP contribution in [0.3, 0.4) is 0 Å². The van der Waals surface area contributed by atoms with E-state index in [9.17, 15) is 17.8 Å². The molecule has 6 nitrogen and oxygen atoms in total. The molecule has 102 valence electrons. The highest BCUT2D eigenvalue weighted by Gasteiger charge is 2.19. The Morgan fingerprint density at radius 2 is 1.90 bits per heavy atom. The molecular weight excluding hydrogens is 280 g/mol. The number of nitrogens with one attached hydrogen (secondary N) is 1. The molecule has 0 atom stereocenters. The Morgan fingerprint density at radius 3 is 2.50 bits per heavy atom. The largest absolute Gasteiger partial charge is 0.325 e. The second kappa shape index (κ2) is 4.92. The van der Waals surface area contributed by atoms with Crippen LogP contribution in [-0.4, -0.2) is 18.0 Å². The molecule has 2 rings (SSSR count). The topological polar surface area (TPSA) is 111 Å². The summed E-state index contributed by atoms with van der Waals surface area (Å²) in [7, 11) is -4.45. The van der Waals surface area contributed by atoms with E-state index in [0.29, 0.717) is 5.69 Å². The first-order chi connectivity index (χ1) is 9.34. The number of benzene rings is 1. The van der Waals surface area contributed by atoms with Crippen LogP contribution in [-0.2, 0) is 10.1 Å². The summed E-state index contributed by atoms with van der Waals surface area (Å²) >= 11 is 0. The monoisotopic (exact) mass is 290 g/mol. The summed E-state index contributed by atoms with van der Waals surface area (Å²) < 4.78 is 32.0. The molecule has 1 heterocycles. The third-order valence-electron chi connectivity index (χ3n) is 2.73. The number of aromatic amines is 1. The Hall–Kier alpha value is -2.43. The van der Waals surface area contributed by atoms with Gasteiger partial charge in [0.15, 0.2) is 0 Å². The summed E-state index contributed by atoms with van der Waals surface area (Å²) in [6.07, 6.45) is 0. The standard InChI is InChI=1S/C13H10N2O4S/c1-8-6-10(11(7-14)13(16)15-8)9-4-2-3-5-12(9)20(17,18)19/h2-6H,1H3,(H,15,16)(H,17,18,19). The van der Waals surface area contributed by atoms with Crippen LogP contribution in [0.25, 0.3) is 11.1 Å². The zero-order valence-electron chi connectivity index (χ0n) is 10.4. The van der Waals surface area contributed by atoms with Crippen molar-refractivity contribution in [2.24, 2.45) is 0 Å². The van der Waals surface area contributed by atoms with Gasteiger partial charge in [0.1, 0.15) is 16.5 Å². The number of nitrogens with zero attached hydrogens (tertiary/aromatic N) is 1. The van der Waals surface area contributed by atoms with E-state index in [-0.39, 0.29) is 21.6 Å². The average Bonchev–Trinajstić information content (AvgIpc) is 2.37. The van der Waals surface area contributed by atoms with Gasteiger partial charge in [0.2, 0.25) is 0 Å². The third kappa shape index (κ3) is 2.47. The Balaban J connectivity index is 2.91. The van der Waals surface area contributed by atoms with Crippen LogP contribution in [0.15, 0.2) is 40.0 Å². The molecule has 2 aromatic rings. The van der Waals surface area contributed by atoms with Gasteiger partial charge in [-0.05, 0) is 19.1 Å². The van der Waals surface area contributed by atoms with Gasteiger partial charge in [0, 0.05) is 16.8 Å². The fourth-order valence-corrected chi connectivity index (χ4v) is 2.63. The Kier molecular flexibility index (Phi) is 3.44. The maximum absolute atomic E-state index is 11.7. The van der Waals surface area contributed by atoms with Crippen LogP contribution < -0.4 is 5.56 Å². The molecule has 0 aliphatic heterocycles. The maximum atomic E-state index is 11.7. The molecule has 2 N–H and O–H groups in total. The summed E-state index contributed by atoms with van der Waals surface area (Å²) in [5, 5.41) is 9.06. The zero-order chi connectivity index (χ0) is 14.9. The summed E-state index contributed by atoms with van der Waals surface area (Å²) in [5.74, 6) is 0. The molecule has 1 aromatic carbocycles. The number of pyridine rings is 1. The van der Waals surface area contributed by atoms with E-state index in [4.69, 9.17) is 5.26 Å². The molecule has 20 heavy (non-hydrogen) atoms. The quantitative estimate of drug-likeness (QED) is 0.813. The molecule has 0 radical (unpaired) electrons. The summed E-state index contributed by atoms with van der Waals surface area (Å²) in [5.41, 5.74) is -0.0452. The average molecular weight is 290 g/mol. The fourth-order valence-electron chi connectivity index (χ4n) is 1.93. The molecule has 0 unspecified atom stereocenters. The summed E-state index contributed by atoms with van der Waals surface area (Å²) in [4.78, 5) is 13.9. The van der Waals surface area contributed by atoms with Gasteiger partial charge < -0.3 is 4.98 Å². The van der Waals surface area contributed by atoms with Crippen molar-refractivity contribution >= 4 is 10.1 Å². The number of hydrogen-bond acceptors (Lipinski definition) is 4. The van der Waals surface area contributed by atoms with Gasteiger partial charge >= 0.3 is 0 Å². The molecular formula is C13H10N2O4S. The smallest absolute Gasteiger partial charge is 0.295 e.